The van der Waals surface area contributed by atoms with Gasteiger partial charge in [-0.05, 0) is 42.0 Å². The highest BCUT2D eigenvalue weighted by molar-refractivity contribution is 5.93. The van der Waals surface area contributed by atoms with Crippen LogP contribution in [0.1, 0.15) is 5.56 Å². The number of H-pyrrole nitrogens is 1. The van der Waals surface area contributed by atoms with Gasteiger partial charge >= 0.3 is 0 Å². The van der Waals surface area contributed by atoms with Crippen LogP contribution in [0.15, 0.2) is 48.8 Å². The highest BCUT2D eigenvalue weighted by Crippen LogP contribution is 2.31. The van der Waals surface area contributed by atoms with Gasteiger partial charge in [-0.3, -0.25) is 5.10 Å². The molecular formula is C26H30N8O3. The van der Waals surface area contributed by atoms with Crippen LogP contribution < -0.4 is 20.4 Å². The van der Waals surface area contributed by atoms with Gasteiger partial charge in [-0.15, -0.1) is 0 Å². The second-order valence-corrected chi connectivity index (χ2v) is 9.09. The molecule has 37 heavy (non-hydrogen) atoms. The number of rotatable bonds is 7. The van der Waals surface area contributed by atoms with Crippen molar-refractivity contribution in [2.24, 2.45) is 0 Å². The largest absolute Gasteiger partial charge is 0.392 e. The molecule has 4 N–H and O–H groups in total. The molecule has 4 aromatic rings. The second-order valence-electron chi connectivity index (χ2n) is 9.09. The Kier molecular flexibility index (Phi) is 6.72. The number of hydrogen-bond donors (Lipinski definition) is 4. The number of fused-ring (bicyclic) bond motifs is 1. The molecule has 0 atom stereocenters. The first kappa shape index (κ1) is 23.5. The summed E-state index contributed by atoms with van der Waals surface area (Å²) in [7, 11) is 0. The van der Waals surface area contributed by atoms with Crippen molar-refractivity contribution in [2.75, 3.05) is 73.0 Å². The molecule has 0 amide bonds. The quantitative estimate of drug-likeness (QED) is 0.300. The van der Waals surface area contributed by atoms with Crippen LogP contribution in [0.5, 0.6) is 0 Å². The molecule has 11 nitrogen and oxygen atoms in total. The average Bonchev–Trinajstić information content (AvgIpc) is 3.43. The molecule has 0 aliphatic carbocycles. The van der Waals surface area contributed by atoms with E-state index in [1.54, 1.807) is 12.4 Å². The molecule has 0 saturated carbocycles. The number of anilines is 6. The van der Waals surface area contributed by atoms with E-state index in [9.17, 15) is 5.11 Å². The van der Waals surface area contributed by atoms with Crippen LogP contribution in [-0.2, 0) is 16.1 Å². The van der Waals surface area contributed by atoms with Crippen molar-refractivity contribution >= 4 is 45.4 Å². The molecule has 6 rings (SSSR count). The molecule has 2 aliphatic heterocycles. The molecule has 2 saturated heterocycles. The third-order valence-electron chi connectivity index (χ3n) is 6.63. The Labute approximate surface area is 214 Å². The van der Waals surface area contributed by atoms with Gasteiger partial charge in [-0.2, -0.15) is 10.1 Å². The summed E-state index contributed by atoms with van der Waals surface area (Å²) in [5, 5.41) is 24.4. The zero-order valence-corrected chi connectivity index (χ0v) is 20.5. The Hall–Kier alpha value is -3.93. The van der Waals surface area contributed by atoms with Crippen LogP contribution in [0.4, 0.5) is 34.5 Å². The van der Waals surface area contributed by atoms with Crippen LogP contribution in [0.25, 0.3) is 10.9 Å². The molecule has 2 aliphatic rings. The number of nitrogens with one attached hydrogen (secondary N) is 3. The number of hydrogen-bond acceptors (Lipinski definition) is 10. The number of ether oxygens (including phenoxy) is 2. The summed E-state index contributed by atoms with van der Waals surface area (Å²) in [6, 6.07) is 12.1. The van der Waals surface area contributed by atoms with E-state index in [2.05, 4.69) is 53.8 Å². The fourth-order valence-electron chi connectivity index (χ4n) is 4.74. The lowest BCUT2D eigenvalue weighted by atomic mass is 10.1. The molecule has 2 aromatic heterocycles. The molecule has 192 valence electrons. The third-order valence-corrected chi connectivity index (χ3v) is 6.63. The topological polar surface area (TPSA) is 124 Å². The minimum Gasteiger partial charge on any atom is -0.392 e. The van der Waals surface area contributed by atoms with Gasteiger partial charge in [0.05, 0.1) is 50.4 Å². The number of morpholine rings is 2. The molecular weight excluding hydrogens is 472 g/mol. The molecule has 0 radical (unpaired) electrons. The third kappa shape index (κ3) is 5.29. The van der Waals surface area contributed by atoms with E-state index < -0.39 is 0 Å². The summed E-state index contributed by atoms with van der Waals surface area (Å²) in [4.78, 5) is 13.9. The van der Waals surface area contributed by atoms with Gasteiger partial charge in [0.15, 0.2) is 0 Å². The maximum absolute atomic E-state index is 9.65. The molecule has 4 heterocycles. The summed E-state index contributed by atoms with van der Waals surface area (Å²) in [5.41, 5.74) is 5.64. The van der Waals surface area contributed by atoms with Crippen LogP contribution >= 0.6 is 0 Å². The first-order valence-corrected chi connectivity index (χ1v) is 12.5. The van der Waals surface area contributed by atoms with Gasteiger partial charge in [0.25, 0.3) is 0 Å². The summed E-state index contributed by atoms with van der Waals surface area (Å²) in [6.07, 6.45) is 3.47. The number of nitrogens with zero attached hydrogens (tertiary/aromatic N) is 5. The van der Waals surface area contributed by atoms with Gasteiger partial charge in [0, 0.05) is 54.8 Å². The van der Waals surface area contributed by atoms with Crippen LogP contribution in [0, 0.1) is 0 Å². The monoisotopic (exact) mass is 502 g/mol. The Morgan fingerprint density at radius 3 is 2.27 bits per heavy atom. The zero-order valence-electron chi connectivity index (χ0n) is 20.5. The summed E-state index contributed by atoms with van der Waals surface area (Å²) < 4.78 is 11.1. The summed E-state index contributed by atoms with van der Waals surface area (Å²) >= 11 is 0. The minimum atomic E-state index is -0.0643. The number of aromatic amines is 1. The first-order chi connectivity index (χ1) is 18.2. The minimum absolute atomic E-state index is 0.0643. The Bertz CT molecular complexity index is 1330. The lowest BCUT2D eigenvalue weighted by Gasteiger charge is -2.33. The van der Waals surface area contributed by atoms with E-state index in [0.717, 1.165) is 91.8 Å². The lowest BCUT2D eigenvalue weighted by molar-refractivity contribution is 0.122. The summed E-state index contributed by atoms with van der Waals surface area (Å²) in [6.45, 7) is 6.27. The van der Waals surface area contributed by atoms with Crippen molar-refractivity contribution in [1.29, 1.82) is 0 Å². The van der Waals surface area contributed by atoms with Crippen molar-refractivity contribution in [1.82, 2.24) is 20.2 Å². The standard InChI is InChI=1S/C26H30N8O3/c35-17-18-11-23(22-16-28-32-24(22)12-18)30-25-1-2-27-26(31-25)29-19-13-20(33-3-7-36-8-4-33)15-21(14-19)34-5-9-37-10-6-34/h1-2,11-16,35H,3-10,17H2,(H,28,32)(H2,27,29,30,31). The highest BCUT2D eigenvalue weighted by atomic mass is 16.5. The summed E-state index contributed by atoms with van der Waals surface area (Å²) in [5.74, 6) is 1.12. The SMILES string of the molecule is OCc1cc(Nc2ccnc(Nc3cc(N4CCOCC4)cc(N4CCOCC4)c3)n2)c2cn[nH]c2c1. The van der Waals surface area contributed by atoms with Crippen molar-refractivity contribution in [3.8, 4) is 0 Å². The second kappa shape index (κ2) is 10.6. The normalized spacial score (nSPS) is 16.2. The zero-order chi connectivity index (χ0) is 25.0. The maximum atomic E-state index is 9.65. The van der Waals surface area contributed by atoms with E-state index in [1.807, 2.05) is 18.2 Å². The highest BCUT2D eigenvalue weighted by Gasteiger charge is 2.17. The van der Waals surface area contributed by atoms with E-state index >= 15 is 0 Å². The van der Waals surface area contributed by atoms with E-state index in [-0.39, 0.29) is 6.61 Å². The Morgan fingerprint density at radius 1 is 0.892 bits per heavy atom. The smallest absolute Gasteiger partial charge is 0.229 e. The first-order valence-electron chi connectivity index (χ1n) is 12.5. The van der Waals surface area contributed by atoms with Gasteiger partial charge < -0.3 is 35.0 Å². The number of aliphatic hydroxyl groups excluding tert-OH is 1. The number of aliphatic hydroxyl groups is 1. The van der Waals surface area contributed by atoms with Crippen molar-refractivity contribution in [2.45, 2.75) is 6.61 Å². The molecule has 0 bridgehead atoms. The Balaban J connectivity index is 1.28. The fourth-order valence-corrected chi connectivity index (χ4v) is 4.74. The van der Waals surface area contributed by atoms with Crippen LogP contribution in [0.2, 0.25) is 0 Å². The van der Waals surface area contributed by atoms with Crippen molar-refractivity contribution in [3.05, 3.63) is 54.4 Å². The van der Waals surface area contributed by atoms with Crippen LogP contribution in [-0.4, -0.2) is 77.9 Å². The van der Waals surface area contributed by atoms with E-state index in [4.69, 9.17) is 14.5 Å². The number of benzene rings is 2. The predicted molar refractivity (Wildman–Crippen MR) is 143 cm³/mol. The molecule has 0 spiro atoms. The van der Waals surface area contributed by atoms with Gasteiger partial charge in [0.2, 0.25) is 5.95 Å². The average molecular weight is 503 g/mol. The molecule has 2 fully saturated rings. The lowest BCUT2D eigenvalue weighted by Crippen LogP contribution is -2.38. The molecule has 2 aromatic carbocycles. The van der Waals surface area contributed by atoms with Gasteiger partial charge in [-0.1, -0.05) is 0 Å². The van der Waals surface area contributed by atoms with Crippen molar-refractivity contribution in [3.63, 3.8) is 0 Å². The van der Waals surface area contributed by atoms with Gasteiger partial charge in [-0.25, -0.2) is 4.98 Å². The van der Waals surface area contributed by atoms with E-state index in [0.29, 0.717) is 11.8 Å². The molecule has 11 heteroatoms. The van der Waals surface area contributed by atoms with Crippen LogP contribution in [0.3, 0.4) is 0 Å². The van der Waals surface area contributed by atoms with Gasteiger partial charge in [0.1, 0.15) is 5.82 Å². The number of aromatic nitrogens is 4. The predicted octanol–water partition coefficient (Wildman–Crippen LogP) is 3.01. The Morgan fingerprint density at radius 2 is 1.59 bits per heavy atom. The van der Waals surface area contributed by atoms with Crippen molar-refractivity contribution < 1.29 is 14.6 Å². The maximum Gasteiger partial charge on any atom is 0.229 e. The van der Waals surface area contributed by atoms with E-state index in [1.165, 1.54) is 0 Å². The fraction of sp³-hybridized carbons (Fsp3) is 0.346. The molecule has 0 unspecified atom stereocenters.